The van der Waals surface area contributed by atoms with Crippen molar-refractivity contribution in [3.05, 3.63) is 0 Å². The second-order valence-electron chi connectivity index (χ2n) is 5.49. The number of aliphatic hydroxyl groups is 1. The summed E-state index contributed by atoms with van der Waals surface area (Å²) in [6.07, 6.45) is 1.99. The zero-order valence-corrected chi connectivity index (χ0v) is 11.5. The Kier molecular flexibility index (Phi) is 7.04. The Hall–Kier alpha value is -0.160. The summed E-state index contributed by atoms with van der Waals surface area (Å²) in [6, 6.07) is 0.560. The van der Waals surface area contributed by atoms with Crippen molar-refractivity contribution < 1.29 is 9.84 Å². The minimum absolute atomic E-state index is 0.381. The van der Waals surface area contributed by atoms with E-state index in [1.807, 2.05) is 0 Å². The Labute approximate surface area is 105 Å². The Bertz CT molecular complexity index is 192. The highest BCUT2D eigenvalue weighted by atomic mass is 16.5. The molecule has 0 bridgehead atoms. The summed E-state index contributed by atoms with van der Waals surface area (Å²) in [6.45, 7) is 9.16. The van der Waals surface area contributed by atoms with E-state index in [0.29, 0.717) is 19.2 Å². The highest BCUT2D eigenvalue weighted by Gasteiger charge is 2.19. The highest BCUT2D eigenvalue weighted by Crippen LogP contribution is 2.11. The van der Waals surface area contributed by atoms with Crippen LogP contribution in [-0.2, 0) is 4.74 Å². The number of hydrogen-bond acceptors (Lipinski definition) is 4. The van der Waals surface area contributed by atoms with Crippen molar-refractivity contribution in [3.63, 3.8) is 0 Å². The van der Waals surface area contributed by atoms with Crippen LogP contribution >= 0.6 is 0 Å². The maximum absolute atomic E-state index is 9.55. The van der Waals surface area contributed by atoms with Crippen molar-refractivity contribution in [2.24, 2.45) is 5.92 Å². The van der Waals surface area contributed by atoms with Crippen molar-refractivity contribution in [2.45, 2.75) is 38.8 Å². The Morgan fingerprint density at radius 3 is 2.53 bits per heavy atom. The first-order valence-corrected chi connectivity index (χ1v) is 6.74. The minimum Gasteiger partial charge on any atom is -0.389 e. The molecule has 0 spiro atoms. The van der Waals surface area contributed by atoms with Gasteiger partial charge in [0.05, 0.1) is 12.7 Å². The number of methoxy groups -OCH3 is 1. The topological polar surface area (TPSA) is 44.7 Å². The molecule has 1 rings (SSSR count). The lowest BCUT2D eigenvalue weighted by atomic mass is 10.0. The molecule has 0 aromatic carbocycles. The number of nitrogens with one attached hydrogen (secondary N) is 1. The molecule has 4 nitrogen and oxygen atoms in total. The number of ether oxygens (including phenoxy) is 1. The number of rotatable bonds is 7. The van der Waals surface area contributed by atoms with Gasteiger partial charge in [-0.05, 0) is 31.8 Å². The molecule has 1 aliphatic heterocycles. The normalized spacial score (nSPS) is 21.0. The van der Waals surface area contributed by atoms with Gasteiger partial charge in [0.25, 0.3) is 0 Å². The third kappa shape index (κ3) is 6.36. The van der Waals surface area contributed by atoms with Crippen molar-refractivity contribution >= 4 is 0 Å². The highest BCUT2D eigenvalue weighted by molar-refractivity contribution is 4.78. The van der Waals surface area contributed by atoms with Crippen LogP contribution in [-0.4, -0.2) is 62.0 Å². The van der Waals surface area contributed by atoms with Crippen LogP contribution in [0.1, 0.15) is 26.7 Å². The van der Waals surface area contributed by atoms with E-state index in [2.05, 4.69) is 24.1 Å². The molecule has 2 N–H and O–H groups in total. The van der Waals surface area contributed by atoms with E-state index >= 15 is 0 Å². The molecule has 102 valence electrons. The van der Waals surface area contributed by atoms with Gasteiger partial charge in [-0.3, -0.25) is 0 Å². The second kappa shape index (κ2) is 8.03. The summed E-state index contributed by atoms with van der Waals surface area (Å²) < 4.78 is 4.91. The smallest absolute Gasteiger partial charge is 0.0897 e. The Morgan fingerprint density at radius 1 is 1.35 bits per heavy atom. The molecule has 0 amide bonds. The molecule has 1 aliphatic rings. The van der Waals surface area contributed by atoms with Crippen LogP contribution in [0.4, 0.5) is 0 Å². The third-order valence-corrected chi connectivity index (χ3v) is 3.21. The Balaban J connectivity index is 2.10. The van der Waals surface area contributed by atoms with Gasteiger partial charge in [-0.1, -0.05) is 13.8 Å². The number of nitrogens with zero attached hydrogens (tertiary/aromatic N) is 1. The molecular formula is C13H28N2O2. The van der Waals surface area contributed by atoms with E-state index in [9.17, 15) is 5.11 Å². The lowest BCUT2D eigenvalue weighted by molar-refractivity contribution is 0.0601. The molecule has 1 saturated heterocycles. The van der Waals surface area contributed by atoms with Crippen LogP contribution in [0.15, 0.2) is 0 Å². The van der Waals surface area contributed by atoms with E-state index < -0.39 is 0 Å². The summed E-state index contributed by atoms with van der Waals surface area (Å²) in [5.74, 6) is 0.753. The molecule has 0 aliphatic carbocycles. The molecule has 1 atom stereocenters. The SMILES string of the molecule is COCC(O)CNC1CCN(CC(C)C)CC1. The van der Waals surface area contributed by atoms with Crippen LogP contribution in [0.3, 0.4) is 0 Å². The fourth-order valence-electron chi connectivity index (χ4n) is 2.39. The molecule has 17 heavy (non-hydrogen) atoms. The molecule has 0 saturated carbocycles. The predicted molar refractivity (Wildman–Crippen MR) is 70.2 cm³/mol. The third-order valence-electron chi connectivity index (χ3n) is 3.21. The van der Waals surface area contributed by atoms with E-state index in [4.69, 9.17) is 4.74 Å². The summed E-state index contributed by atoms with van der Waals surface area (Å²) in [5.41, 5.74) is 0. The van der Waals surface area contributed by atoms with Crippen molar-refractivity contribution in [1.82, 2.24) is 10.2 Å². The standard InChI is InChI=1S/C13H28N2O2/c1-11(2)9-15-6-4-12(5-7-15)14-8-13(16)10-17-3/h11-14,16H,4-10H2,1-3H3. The number of aliphatic hydroxyl groups excluding tert-OH is 1. The first kappa shape index (κ1) is 14.9. The Morgan fingerprint density at radius 2 is 2.00 bits per heavy atom. The monoisotopic (exact) mass is 244 g/mol. The molecule has 0 aromatic heterocycles. The van der Waals surface area contributed by atoms with Crippen LogP contribution in [0, 0.1) is 5.92 Å². The van der Waals surface area contributed by atoms with E-state index in [1.165, 1.54) is 32.5 Å². The average molecular weight is 244 g/mol. The lowest BCUT2D eigenvalue weighted by Gasteiger charge is -2.33. The molecule has 4 heteroatoms. The van der Waals surface area contributed by atoms with Gasteiger partial charge in [-0.15, -0.1) is 0 Å². The fraction of sp³-hybridized carbons (Fsp3) is 1.00. The van der Waals surface area contributed by atoms with Gasteiger partial charge in [0, 0.05) is 26.2 Å². The fourth-order valence-corrected chi connectivity index (χ4v) is 2.39. The molecule has 1 heterocycles. The van der Waals surface area contributed by atoms with Crippen molar-refractivity contribution in [3.8, 4) is 0 Å². The molecule has 1 unspecified atom stereocenters. The van der Waals surface area contributed by atoms with Crippen molar-refractivity contribution in [2.75, 3.05) is 39.9 Å². The number of hydrogen-bond donors (Lipinski definition) is 2. The van der Waals surface area contributed by atoms with Crippen LogP contribution < -0.4 is 5.32 Å². The predicted octanol–water partition coefficient (Wildman–Crippen LogP) is 0.704. The molecule has 0 radical (unpaired) electrons. The van der Waals surface area contributed by atoms with E-state index in [1.54, 1.807) is 7.11 Å². The maximum Gasteiger partial charge on any atom is 0.0897 e. The largest absolute Gasteiger partial charge is 0.389 e. The first-order valence-electron chi connectivity index (χ1n) is 6.74. The first-order chi connectivity index (χ1) is 8.11. The lowest BCUT2D eigenvalue weighted by Crippen LogP contribution is -2.45. The van der Waals surface area contributed by atoms with Gasteiger partial charge < -0.3 is 20.1 Å². The summed E-state index contributed by atoms with van der Waals surface area (Å²) in [4.78, 5) is 2.54. The maximum atomic E-state index is 9.55. The van der Waals surface area contributed by atoms with Gasteiger partial charge in [-0.2, -0.15) is 0 Å². The van der Waals surface area contributed by atoms with Crippen LogP contribution in [0.5, 0.6) is 0 Å². The summed E-state index contributed by atoms with van der Waals surface area (Å²) in [5, 5.41) is 13.0. The second-order valence-corrected chi connectivity index (χ2v) is 5.49. The molecular weight excluding hydrogens is 216 g/mol. The zero-order valence-electron chi connectivity index (χ0n) is 11.5. The van der Waals surface area contributed by atoms with Gasteiger partial charge in [0.15, 0.2) is 0 Å². The number of likely N-dealkylation sites (tertiary alicyclic amines) is 1. The average Bonchev–Trinajstić information content (AvgIpc) is 2.28. The molecule has 0 aromatic rings. The minimum atomic E-state index is -0.381. The quantitative estimate of drug-likeness (QED) is 0.692. The van der Waals surface area contributed by atoms with E-state index in [0.717, 1.165) is 5.92 Å². The zero-order chi connectivity index (χ0) is 12.7. The molecule has 1 fully saturated rings. The van der Waals surface area contributed by atoms with Gasteiger partial charge in [-0.25, -0.2) is 0 Å². The van der Waals surface area contributed by atoms with Gasteiger partial charge in [0.1, 0.15) is 0 Å². The summed E-state index contributed by atoms with van der Waals surface area (Å²) in [7, 11) is 1.62. The van der Waals surface area contributed by atoms with Crippen molar-refractivity contribution in [1.29, 1.82) is 0 Å². The van der Waals surface area contributed by atoms with Crippen LogP contribution in [0.25, 0.3) is 0 Å². The van der Waals surface area contributed by atoms with Crippen LogP contribution in [0.2, 0.25) is 0 Å². The van der Waals surface area contributed by atoms with Gasteiger partial charge >= 0.3 is 0 Å². The summed E-state index contributed by atoms with van der Waals surface area (Å²) >= 11 is 0. The van der Waals surface area contributed by atoms with Gasteiger partial charge in [0.2, 0.25) is 0 Å². The number of piperidine rings is 1. The van der Waals surface area contributed by atoms with E-state index in [-0.39, 0.29) is 6.10 Å².